The van der Waals surface area contributed by atoms with Crippen LogP contribution in [0.3, 0.4) is 0 Å². The van der Waals surface area contributed by atoms with Crippen molar-refractivity contribution in [1.82, 2.24) is 4.98 Å². The van der Waals surface area contributed by atoms with Gasteiger partial charge >= 0.3 is 6.18 Å². The first kappa shape index (κ1) is 15.5. The number of carbonyl (C=O) groups is 1. The maximum absolute atomic E-state index is 12.4. The summed E-state index contributed by atoms with van der Waals surface area (Å²) >= 11 is 0. The van der Waals surface area contributed by atoms with Crippen LogP contribution in [0.25, 0.3) is 0 Å². The lowest BCUT2D eigenvalue weighted by Crippen LogP contribution is -2.14. The molecule has 112 valence electrons. The van der Waals surface area contributed by atoms with E-state index in [1.807, 2.05) is 6.07 Å². The molecule has 2 rings (SSSR count). The third-order valence-electron chi connectivity index (χ3n) is 2.91. The van der Waals surface area contributed by atoms with E-state index in [2.05, 4.69) is 10.3 Å². The second-order valence-corrected chi connectivity index (χ2v) is 4.47. The van der Waals surface area contributed by atoms with E-state index in [0.29, 0.717) is 11.3 Å². The predicted octanol–water partition coefficient (Wildman–Crippen LogP) is 3.53. The summed E-state index contributed by atoms with van der Waals surface area (Å²) in [6.45, 7) is 1.59. The Morgan fingerprint density at radius 1 is 1.18 bits per heavy atom. The number of amides is 1. The van der Waals surface area contributed by atoms with Crippen molar-refractivity contribution < 1.29 is 18.0 Å². The van der Waals surface area contributed by atoms with Gasteiger partial charge in [0, 0.05) is 5.69 Å². The number of anilines is 1. The van der Waals surface area contributed by atoms with Crippen LogP contribution in [0.1, 0.15) is 27.3 Å². The summed E-state index contributed by atoms with van der Waals surface area (Å²) in [5, 5.41) is 11.2. The maximum atomic E-state index is 12.4. The first-order valence-corrected chi connectivity index (χ1v) is 6.17. The number of nitrogens with zero attached hydrogens (tertiary/aromatic N) is 2. The number of hydrogen-bond acceptors (Lipinski definition) is 3. The van der Waals surface area contributed by atoms with E-state index in [-0.39, 0.29) is 11.4 Å². The smallest absolute Gasteiger partial charge is 0.321 e. The molecule has 4 nitrogen and oxygen atoms in total. The highest BCUT2D eigenvalue weighted by Gasteiger charge is 2.30. The molecule has 0 saturated carbocycles. The molecule has 0 unspecified atom stereocenters. The SMILES string of the molecule is Cc1nc(C(=O)Nc2ccc(C(F)(F)F)cc2)ccc1C#N. The van der Waals surface area contributed by atoms with Crippen LogP contribution in [-0.2, 0) is 6.18 Å². The van der Waals surface area contributed by atoms with Crippen LogP contribution in [0, 0.1) is 18.3 Å². The minimum absolute atomic E-state index is 0.0800. The average molecular weight is 305 g/mol. The van der Waals surface area contributed by atoms with E-state index in [9.17, 15) is 18.0 Å². The lowest BCUT2D eigenvalue weighted by molar-refractivity contribution is -0.137. The molecule has 0 radical (unpaired) electrons. The molecule has 22 heavy (non-hydrogen) atoms. The Bertz CT molecular complexity index is 746. The van der Waals surface area contributed by atoms with E-state index in [4.69, 9.17) is 5.26 Å². The lowest BCUT2D eigenvalue weighted by Gasteiger charge is -2.09. The molecule has 1 aromatic carbocycles. The van der Waals surface area contributed by atoms with Gasteiger partial charge in [-0.25, -0.2) is 4.98 Å². The Morgan fingerprint density at radius 2 is 1.82 bits per heavy atom. The number of nitrogens with one attached hydrogen (secondary N) is 1. The third kappa shape index (κ3) is 3.41. The Kier molecular flexibility index (Phi) is 4.13. The first-order valence-electron chi connectivity index (χ1n) is 6.17. The molecule has 0 aliphatic carbocycles. The molecule has 1 aromatic heterocycles. The number of pyridine rings is 1. The van der Waals surface area contributed by atoms with Gasteiger partial charge in [0.15, 0.2) is 0 Å². The highest BCUT2D eigenvalue weighted by atomic mass is 19.4. The fraction of sp³-hybridized carbons (Fsp3) is 0.133. The van der Waals surface area contributed by atoms with E-state index in [1.54, 1.807) is 6.92 Å². The molecule has 2 aromatic rings. The van der Waals surface area contributed by atoms with E-state index < -0.39 is 17.6 Å². The largest absolute Gasteiger partial charge is 0.416 e. The van der Waals surface area contributed by atoms with Crippen molar-refractivity contribution in [3.63, 3.8) is 0 Å². The number of nitriles is 1. The number of aromatic nitrogens is 1. The van der Waals surface area contributed by atoms with Crippen molar-refractivity contribution in [3.8, 4) is 6.07 Å². The molecule has 0 atom stereocenters. The Labute approximate surface area is 124 Å². The summed E-state index contributed by atoms with van der Waals surface area (Å²) in [6.07, 6.45) is -4.42. The molecule has 0 saturated heterocycles. The Morgan fingerprint density at radius 3 is 2.32 bits per heavy atom. The minimum atomic E-state index is -4.42. The molecule has 0 aliphatic heterocycles. The number of carbonyl (C=O) groups excluding carboxylic acids is 1. The van der Waals surface area contributed by atoms with Gasteiger partial charge in [-0.2, -0.15) is 18.4 Å². The average Bonchev–Trinajstić information content (AvgIpc) is 2.46. The minimum Gasteiger partial charge on any atom is -0.321 e. The molecule has 1 N–H and O–H groups in total. The number of rotatable bonds is 2. The van der Waals surface area contributed by atoms with Crippen LogP contribution < -0.4 is 5.32 Å². The normalized spacial score (nSPS) is 10.9. The first-order chi connectivity index (χ1) is 10.3. The molecule has 0 bridgehead atoms. The van der Waals surface area contributed by atoms with Crippen LogP contribution in [0.2, 0.25) is 0 Å². The zero-order valence-corrected chi connectivity index (χ0v) is 11.4. The Hall–Kier alpha value is -2.88. The maximum Gasteiger partial charge on any atom is 0.416 e. The fourth-order valence-electron chi connectivity index (χ4n) is 1.74. The van der Waals surface area contributed by atoms with Gasteiger partial charge in [0.05, 0.1) is 16.8 Å². The molecule has 0 aliphatic rings. The summed E-state index contributed by atoms with van der Waals surface area (Å²) in [7, 11) is 0. The van der Waals surface area contributed by atoms with Crippen LogP contribution in [0.5, 0.6) is 0 Å². The van der Waals surface area contributed by atoms with Crippen LogP contribution >= 0.6 is 0 Å². The topological polar surface area (TPSA) is 65.8 Å². The monoisotopic (exact) mass is 305 g/mol. The molecular weight excluding hydrogens is 295 g/mol. The summed E-state index contributed by atoms with van der Waals surface area (Å²) < 4.78 is 37.3. The van der Waals surface area contributed by atoms with Gasteiger partial charge in [0.2, 0.25) is 0 Å². The number of halogens is 3. The van der Waals surface area contributed by atoms with E-state index >= 15 is 0 Å². The molecular formula is C15H10F3N3O. The van der Waals surface area contributed by atoms with Crippen molar-refractivity contribution in [2.75, 3.05) is 5.32 Å². The van der Waals surface area contributed by atoms with E-state index in [0.717, 1.165) is 24.3 Å². The van der Waals surface area contributed by atoms with Crippen molar-refractivity contribution in [3.05, 3.63) is 58.9 Å². The predicted molar refractivity (Wildman–Crippen MR) is 73.1 cm³/mol. The third-order valence-corrected chi connectivity index (χ3v) is 2.91. The molecule has 1 heterocycles. The van der Waals surface area contributed by atoms with Gasteiger partial charge in [0.25, 0.3) is 5.91 Å². The summed E-state index contributed by atoms with van der Waals surface area (Å²) in [5.74, 6) is -0.563. The number of hydrogen-bond donors (Lipinski definition) is 1. The standard InChI is InChI=1S/C15H10F3N3O/c1-9-10(8-19)2-7-13(20-9)14(22)21-12-5-3-11(4-6-12)15(16,17)18/h2-7H,1H3,(H,21,22). The molecule has 0 fully saturated rings. The highest BCUT2D eigenvalue weighted by Crippen LogP contribution is 2.29. The number of alkyl halides is 3. The second kappa shape index (κ2) is 5.85. The van der Waals surface area contributed by atoms with Crippen molar-refractivity contribution >= 4 is 11.6 Å². The van der Waals surface area contributed by atoms with Crippen LogP contribution in [-0.4, -0.2) is 10.9 Å². The quantitative estimate of drug-likeness (QED) is 0.923. The van der Waals surface area contributed by atoms with Crippen LogP contribution in [0.4, 0.5) is 18.9 Å². The lowest BCUT2D eigenvalue weighted by atomic mass is 10.2. The Balaban J connectivity index is 2.15. The van der Waals surface area contributed by atoms with Crippen molar-refractivity contribution in [2.45, 2.75) is 13.1 Å². The zero-order chi connectivity index (χ0) is 16.3. The van der Waals surface area contributed by atoms with Crippen molar-refractivity contribution in [1.29, 1.82) is 5.26 Å². The van der Waals surface area contributed by atoms with Gasteiger partial charge in [-0.3, -0.25) is 4.79 Å². The molecule has 1 amide bonds. The number of aryl methyl sites for hydroxylation is 1. The second-order valence-electron chi connectivity index (χ2n) is 4.47. The molecule has 7 heteroatoms. The summed E-state index contributed by atoms with van der Waals surface area (Å²) in [4.78, 5) is 16.0. The number of benzene rings is 1. The van der Waals surface area contributed by atoms with Gasteiger partial charge in [0.1, 0.15) is 11.8 Å². The fourth-order valence-corrected chi connectivity index (χ4v) is 1.74. The van der Waals surface area contributed by atoms with Crippen LogP contribution in [0.15, 0.2) is 36.4 Å². The van der Waals surface area contributed by atoms with Gasteiger partial charge in [-0.05, 0) is 43.3 Å². The van der Waals surface area contributed by atoms with Gasteiger partial charge < -0.3 is 5.32 Å². The van der Waals surface area contributed by atoms with E-state index in [1.165, 1.54) is 12.1 Å². The summed E-state index contributed by atoms with van der Waals surface area (Å²) in [5.41, 5.74) is 0.268. The zero-order valence-electron chi connectivity index (χ0n) is 11.4. The van der Waals surface area contributed by atoms with Gasteiger partial charge in [-0.1, -0.05) is 0 Å². The summed E-state index contributed by atoms with van der Waals surface area (Å²) in [6, 6.07) is 8.86. The highest BCUT2D eigenvalue weighted by molar-refractivity contribution is 6.02. The molecule has 0 spiro atoms. The van der Waals surface area contributed by atoms with Gasteiger partial charge in [-0.15, -0.1) is 0 Å². The van der Waals surface area contributed by atoms with Crippen molar-refractivity contribution in [2.24, 2.45) is 0 Å².